The van der Waals surface area contributed by atoms with Crippen molar-refractivity contribution in [3.8, 4) is 0 Å². The molecule has 2 rings (SSSR count). The van der Waals surface area contributed by atoms with Crippen molar-refractivity contribution in [2.45, 2.75) is 31.8 Å². The number of nitrogens with one attached hydrogen (secondary N) is 1. The van der Waals surface area contributed by atoms with Crippen molar-refractivity contribution in [1.82, 2.24) is 5.32 Å². The van der Waals surface area contributed by atoms with Gasteiger partial charge in [0, 0.05) is 21.4 Å². The van der Waals surface area contributed by atoms with Crippen molar-refractivity contribution in [2.24, 2.45) is 0 Å². The van der Waals surface area contributed by atoms with Gasteiger partial charge in [0.2, 0.25) is 0 Å². The zero-order valence-corrected chi connectivity index (χ0v) is 12.9. The van der Waals surface area contributed by atoms with Crippen molar-refractivity contribution < 1.29 is 8.42 Å². The van der Waals surface area contributed by atoms with Gasteiger partial charge < -0.3 is 5.32 Å². The highest BCUT2D eigenvalue weighted by Crippen LogP contribution is 2.29. The van der Waals surface area contributed by atoms with E-state index in [0.29, 0.717) is 5.75 Å². The molecule has 1 aliphatic rings. The first-order valence-electron chi connectivity index (χ1n) is 5.67. The van der Waals surface area contributed by atoms with E-state index in [2.05, 4.69) is 28.2 Å². The molecule has 0 radical (unpaired) electrons. The third kappa shape index (κ3) is 3.53. The van der Waals surface area contributed by atoms with E-state index in [-0.39, 0.29) is 17.8 Å². The largest absolute Gasteiger partial charge is 0.306 e. The lowest BCUT2D eigenvalue weighted by atomic mass is 10.1. The van der Waals surface area contributed by atoms with Crippen LogP contribution in [0.2, 0.25) is 0 Å². The van der Waals surface area contributed by atoms with Crippen molar-refractivity contribution in [1.29, 1.82) is 0 Å². The second-order valence-electron chi connectivity index (χ2n) is 4.47. The summed E-state index contributed by atoms with van der Waals surface area (Å²) in [6, 6.07) is 2.32. The summed E-state index contributed by atoms with van der Waals surface area (Å²) >= 11 is 5.19. The maximum Gasteiger partial charge on any atom is 0.151 e. The van der Waals surface area contributed by atoms with Gasteiger partial charge in [0.15, 0.2) is 9.84 Å². The second-order valence-corrected chi connectivity index (χ2v) is 8.51. The molecule has 1 fully saturated rings. The molecule has 2 unspecified atom stereocenters. The molecule has 1 aromatic rings. The van der Waals surface area contributed by atoms with Crippen LogP contribution in [0.5, 0.6) is 0 Å². The SMILES string of the molecule is CC(NC1CCCS(=O)(=O)C1)c1sccc1Br. The molecular formula is C11H16BrNO2S2. The highest BCUT2D eigenvalue weighted by atomic mass is 79.9. The minimum Gasteiger partial charge on any atom is -0.306 e. The van der Waals surface area contributed by atoms with E-state index in [0.717, 1.165) is 17.3 Å². The van der Waals surface area contributed by atoms with Gasteiger partial charge in [-0.15, -0.1) is 11.3 Å². The summed E-state index contributed by atoms with van der Waals surface area (Å²) in [5.41, 5.74) is 0. The van der Waals surface area contributed by atoms with Crippen LogP contribution in [-0.2, 0) is 9.84 Å². The van der Waals surface area contributed by atoms with Crippen molar-refractivity contribution in [2.75, 3.05) is 11.5 Å². The Hall–Kier alpha value is 0.0900. The summed E-state index contributed by atoms with van der Waals surface area (Å²) in [5, 5.41) is 5.46. The molecule has 3 nitrogen and oxygen atoms in total. The highest BCUT2D eigenvalue weighted by Gasteiger charge is 2.26. The van der Waals surface area contributed by atoms with Gasteiger partial charge in [-0.2, -0.15) is 0 Å². The predicted octanol–water partition coefficient (Wildman–Crippen LogP) is 2.74. The molecule has 96 valence electrons. The summed E-state index contributed by atoms with van der Waals surface area (Å²) in [5.74, 6) is 0.628. The maximum absolute atomic E-state index is 11.5. The Balaban J connectivity index is 2.00. The average Bonchev–Trinajstić information content (AvgIpc) is 2.62. The van der Waals surface area contributed by atoms with Gasteiger partial charge in [0.25, 0.3) is 0 Å². The van der Waals surface area contributed by atoms with Gasteiger partial charge in [0.05, 0.1) is 11.5 Å². The van der Waals surface area contributed by atoms with Gasteiger partial charge in [-0.05, 0) is 47.1 Å². The lowest BCUT2D eigenvalue weighted by Crippen LogP contribution is -2.41. The topological polar surface area (TPSA) is 46.2 Å². The lowest BCUT2D eigenvalue weighted by molar-refractivity contribution is 0.440. The Morgan fingerprint density at radius 2 is 2.35 bits per heavy atom. The Bertz CT molecular complexity index is 483. The summed E-state index contributed by atoms with van der Waals surface area (Å²) in [7, 11) is -2.83. The Kier molecular flexibility index (Phi) is 4.28. The smallest absolute Gasteiger partial charge is 0.151 e. The van der Waals surface area contributed by atoms with E-state index >= 15 is 0 Å². The fraction of sp³-hybridized carbons (Fsp3) is 0.636. The molecular weight excluding hydrogens is 322 g/mol. The monoisotopic (exact) mass is 337 g/mol. The van der Waals surface area contributed by atoms with Gasteiger partial charge in [-0.1, -0.05) is 0 Å². The molecule has 1 aromatic heterocycles. The van der Waals surface area contributed by atoms with E-state index in [4.69, 9.17) is 0 Å². The van der Waals surface area contributed by atoms with Gasteiger partial charge in [-0.25, -0.2) is 8.42 Å². The number of hydrogen-bond donors (Lipinski definition) is 1. The molecule has 0 aliphatic carbocycles. The molecule has 0 bridgehead atoms. The third-order valence-corrected chi connectivity index (χ3v) is 6.86. The second kappa shape index (κ2) is 5.38. The number of thiophene rings is 1. The fourth-order valence-electron chi connectivity index (χ4n) is 2.20. The van der Waals surface area contributed by atoms with Crippen molar-refractivity contribution in [3.63, 3.8) is 0 Å². The minimum absolute atomic E-state index is 0.0951. The molecule has 0 spiro atoms. The van der Waals surface area contributed by atoms with E-state index in [1.807, 2.05) is 11.4 Å². The summed E-state index contributed by atoms with van der Waals surface area (Å²) < 4.78 is 24.2. The highest BCUT2D eigenvalue weighted by molar-refractivity contribution is 9.10. The first-order chi connectivity index (χ1) is 7.98. The van der Waals surface area contributed by atoms with E-state index in [1.54, 1.807) is 11.3 Å². The van der Waals surface area contributed by atoms with Crippen LogP contribution in [0.1, 0.15) is 30.7 Å². The molecule has 2 atom stereocenters. The number of hydrogen-bond acceptors (Lipinski definition) is 4. The number of halogens is 1. The van der Waals surface area contributed by atoms with Crippen LogP contribution in [0.3, 0.4) is 0 Å². The molecule has 2 heterocycles. The molecule has 0 aromatic carbocycles. The number of rotatable bonds is 3. The van der Waals surface area contributed by atoms with E-state index in [9.17, 15) is 8.42 Å². The number of sulfone groups is 1. The molecule has 1 N–H and O–H groups in total. The van der Waals surface area contributed by atoms with E-state index in [1.165, 1.54) is 4.88 Å². The summed E-state index contributed by atoms with van der Waals surface area (Å²) in [6.07, 6.45) is 1.73. The Morgan fingerprint density at radius 3 is 2.94 bits per heavy atom. The zero-order chi connectivity index (χ0) is 12.5. The van der Waals surface area contributed by atoms with Crippen molar-refractivity contribution >= 4 is 37.1 Å². The first-order valence-corrected chi connectivity index (χ1v) is 9.17. The average molecular weight is 338 g/mol. The predicted molar refractivity (Wildman–Crippen MR) is 75.2 cm³/mol. The fourth-order valence-corrected chi connectivity index (χ4v) is 5.58. The molecule has 0 saturated carbocycles. The summed E-state index contributed by atoms with van der Waals surface area (Å²) in [6.45, 7) is 2.08. The Labute approximate surface area is 115 Å². The standard InChI is InChI=1S/C11H16BrNO2S2/c1-8(11-10(12)4-5-16-11)13-9-3-2-6-17(14,15)7-9/h4-5,8-9,13H,2-3,6-7H2,1H3. The molecule has 0 amide bonds. The van der Waals surface area contributed by atoms with Crippen LogP contribution in [-0.4, -0.2) is 26.0 Å². The van der Waals surface area contributed by atoms with Crippen LogP contribution < -0.4 is 5.32 Å². The zero-order valence-electron chi connectivity index (χ0n) is 9.65. The molecule has 17 heavy (non-hydrogen) atoms. The molecule has 6 heteroatoms. The lowest BCUT2D eigenvalue weighted by Gasteiger charge is -2.26. The van der Waals surface area contributed by atoms with Gasteiger partial charge in [-0.3, -0.25) is 0 Å². The minimum atomic E-state index is -2.83. The molecule has 1 aliphatic heterocycles. The quantitative estimate of drug-likeness (QED) is 0.922. The van der Waals surface area contributed by atoms with Crippen molar-refractivity contribution in [3.05, 3.63) is 20.8 Å². The van der Waals surface area contributed by atoms with Crippen LogP contribution in [0.25, 0.3) is 0 Å². The van der Waals surface area contributed by atoms with Crippen LogP contribution in [0.15, 0.2) is 15.9 Å². The van der Waals surface area contributed by atoms with Crippen LogP contribution in [0, 0.1) is 0 Å². The summed E-state index contributed by atoms with van der Waals surface area (Å²) in [4.78, 5) is 1.23. The first kappa shape index (κ1) is 13.5. The van der Waals surface area contributed by atoms with Crippen LogP contribution >= 0.6 is 27.3 Å². The third-order valence-electron chi connectivity index (χ3n) is 2.99. The van der Waals surface area contributed by atoms with E-state index < -0.39 is 9.84 Å². The maximum atomic E-state index is 11.5. The normalized spacial score (nSPS) is 25.6. The van der Waals surface area contributed by atoms with Gasteiger partial charge >= 0.3 is 0 Å². The van der Waals surface area contributed by atoms with Crippen LogP contribution in [0.4, 0.5) is 0 Å². The molecule has 1 saturated heterocycles. The Morgan fingerprint density at radius 1 is 1.59 bits per heavy atom. The van der Waals surface area contributed by atoms with Gasteiger partial charge in [0.1, 0.15) is 0 Å².